The number of aliphatic carboxylic acids is 1. The first-order valence-corrected chi connectivity index (χ1v) is 9.52. The monoisotopic (exact) mass is 301 g/mol. The van der Waals surface area contributed by atoms with Crippen LogP contribution in [0.5, 0.6) is 0 Å². The Labute approximate surface area is 120 Å². The summed E-state index contributed by atoms with van der Waals surface area (Å²) in [5.41, 5.74) is 0. The predicted octanol–water partition coefficient (Wildman–Crippen LogP) is 1.14. The van der Waals surface area contributed by atoms with E-state index in [0.717, 1.165) is 38.6 Å². The topological polar surface area (TPSA) is 74.7 Å². The standard InChI is InChI=1S/C14H23NO4S/c1-20(18,19)12-7-3-6-11(12)15-8-9-4-2-5-10(9)13(15)14(16)17/h9-13H,2-8H2,1H3,(H,16,17). The summed E-state index contributed by atoms with van der Waals surface area (Å²) >= 11 is 0. The van der Waals surface area contributed by atoms with Crippen LogP contribution in [0.25, 0.3) is 0 Å². The fraction of sp³-hybridized carbons (Fsp3) is 0.929. The molecule has 3 aliphatic rings. The van der Waals surface area contributed by atoms with Gasteiger partial charge in [-0.05, 0) is 37.5 Å². The Balaban J connectivity index is 1.87. The second-order valence-electron chi connectivity index (χ2n) is 6.70. The van der Waals surface area contributed by atoms with Crippen molar-refractivity contribution in [2.24, 2.45) is 11.8 Å². The van der Waals surface area contributed by atoms with Crippen molar-refractivity contribution in [3.63, 3.8) is 0 Å². The summed E-state index contributed by atoms with van der Waals surface area (Å²) in [5.74, 6) is -0.0798. The molecule has 1 saturated heterocycles. The third-order valence-electron chi connectivity index (χ3n) is 5.57. The molecule has 0 bridgehead atoms. The molecule has 1 aliphatic heterocycles. The van der Waals surface area contributed by atoms with Crippen LogP contribution < -0.4 is 0 Å². The molecule has 2 aliphatic carbocycles. The summed E-state index contributed by atoms with van der Waals surface area (Å²) in [4.78, 5) is 13.7. The zero-order valence-electron chi connectivity index (χ0n) is 11.9. The Morgan fingerprint density at radius 1 is 1.15 bits per heavy atom. The van der Waals surface area contributed by atoms with Crippen LogP contribution in [0.15, 0.2) is 0 Å². The third-order valence-corrected chi connectivity index (χ3v) is 7.22. The summed E-state index contributed by atoms with van der Waals surface area (Å²) in [7, 11) is -3.10. The predicted molar refractivity (Wildman–Crippen MR) is 75.2 cm³/mol. The lowest BCUT2D eigenvalue weighted by molar-refractivity contribution is -0.144. The van der Waals surface area contributed by atoms with Crippen molar-refractivity contribution in [2.45, 2.75) is 55.9 Å². The Morgan fingerprint density at radius 3 is 2.50 bits per heavy atom. The van der Waals surface area contributed by atoms with Gasteiger partial charge in [-0.15, -0.1) is 0 Å². The van der Waals surface area contributed by atoms with Gasteiger partial charge in [-0.3, -0.25) is 9.69 Å². The van der Waals surface area contributed by atoms with E-state index in [1.165, 1.54) is 6.26 Å². The van der Waals surface area contributed by atoms with E-state index in [-0.39, 0.29) is 17.2 Å². The van der Waals surface area contributed by atoms with Gasteiger partial charge in [0.1, 0.15) is 6.04 Å². The first-order valence-electron chi connectivity index (χ1n) is 7.57. The summed E-state index contributed by atoms with van der Waals surface area (Å²) in [6.07, 6.45) is 6.88. The quantitative estimate of drug-likeness (QED) is 0.846. The SMILES string of the molecule is CS(=O)(=O)C1CCCC1N1CC2CCCC2C1C(=O)O. The maximum Gasteiger partial charge on any atom is 0.321 e. The zero-order chi connectivity index (χ0) is 14.5. The minimum atomic E-state index is -3.10. The van der Waals surface area contributed by atoms with Crippen LogP contribution in [0.4, 0.5) is 0 Å². The van der Waals surface area contributed by atoms with E-state index in [0.29, 0.717) is 12.3 Å². The molecule has 3 rings (SSSR count). The van der Waals surface area contributed by atoms with Gasteiger partial charge in [0.25, 0.3) is 0 Å². The number of sulfone groups is 1. The maximum atomic E-state index is 11.9. The molecule has 5 unspecified atom stereocenters. The lowest BCUT2D eigenvalue weighted by atomic mass is 9.94. The summed E-state index contributed by atoms with van der Waals surface area (Å²) in [6, 6.07) is -0.549. The Hall–Kier alpha value is -0.620. The number of nitrogens with zero attached hydrogens (tertiary/aromatic N) is 1. The fourth-order valence-electron chi connectivity index (χ4n) is 4.79. The number of fused-ring (bicyclic) bond motifs is 1. The molecule has 0 radical (unpaired) electrons. The Bertz CT molecular complexity index is 503. The molecule has 0 aromatic carbocycles. The van der Waals surface area contributed by atoms with Crippen molar-refractivity contribution in [1.82, 2.24) is 4.90 Å². The van der Waals surface area contributed by atoms with E-state index in [4.69, 9.17) is 0 Å². The van der Waals surface area contributed by atoms with E-state index in [9.17, 15) is 18.3 Å². The number of rotatable bonds is 3. The molecule has 0 spiro atoms. The molecular formula is C14H23NO4S. The van der Waals surface area contributed by atoms with E-state index in [2.05, 4.69) is 0 Å². The van der Waals surface area contributed by atoms with Crippen LogP contribution in [-0.2, 0) is 14.6 Å². The van der Waals surface area contributed by atoms with E-state index >= 15 is 0 Å². The molecule has 5 atom stereocenters. The van der Waals surface area contributed by atoms with Crippen molar-refractivity contribution < 1.29 is 18.3 Å². The molecule has 3 fully saturated rings. The van der Waals surface area contributed by atoms with Crippen LogP contribution >= 0.6 is 0 Å². The largest absolute Gasteiger partial charge is 0.480 e. The Kier molecular flexibility index (Phi) is 3.57. The molecule has 1 N–H and O–H groups in total. The van der Waals surface area contributed by atoms with Gasteiger partial charge < -0.3 is 5.11 Å². The zero-order valence-corrected chi connectivity index (χ0v) is 12.7. The van der Waals surface area contributed by atoms with Crippen LogP contribution in [0.1, 0.15) is 38.5 Å². The number of carbonyl (C=O) groups is 1. The molecule has 5 nitrogen and oxygen atoms in total. The highest BCUT2D eigenvalue weighted by molar-refractivity contribution is 7.91. The minimum absolute atomic E-state index is 0.0864. The van der Waals surface area contributed by atoms with Crippen molar-refractivity contribution in [3.05, 3.63) is 0 Å². The number of carboxylic acids is 1. The van der Waals surface area contributed by atoms with Crippen molar-refractivity contribution in [3.8, 4) is 0 Å². The molecule has 2 saturated carbocycles. The molecular weight excluding hydrogens is 278 g/mol. The van der Waals surface area contributed by atoms with Crippen molar-refractivity contribution >= 4 is 15.8 Å². The van der Waals surface area contributed by atoms with E-state index in [1.807, 2.05) is 4.90 Å². The highest BCUT2D eigenvalue weighted by atomic mass is 32.2. The van der Waals surface area contributed by atoms with Gasteiger partial charge >= 0.3 is 5.97 Å². The third kappa shape index (κ3) is 2.26. The normalized spacial score (nSPS) is 42.0. The first-order chi connectivity index (χ1) is 9.39. The number of likely N-dealkylation sites (tertiary alicyclic amines) is 1. The van der Waals surface area contributed by atoms with Crippen LogP contribution in [-0.4, -0.2) is 54.5 Å². The second kappa shape index (κ2) is 4.98. The molecule has 1 heterocycles. The number of hydrogen-bond acceptors (Lipinski definition) is 4. The van der Waals surface area contributed by atoms with E-state index < -0.39 is 21.8 Å². The van der Waals surface area contributed by atoms with Gasteiger partial charge in [-0.1, -0.05) is 12.8 Å². The average molecular weight is 301 g/mol. The molecule has 6 heteroatoms. The molecule has 0 aromatic rings. The lowest BCUT2D eigenvalue weighted by Gasteiger charge is -2.33. The molecule has 0 aromatic heterocycles. The highest BCUT2D eigenvalue weighted by Crippen LogP contribution is 2.45. The number of carboxylic acid groups (broad SMARTS) is 1. The summed E-state index contributed by atoms with van der Waals surface area (Å²) in [5, 5.41) is 9.22. The fourth-order valence-corrected chi connectivity index (χ4v) is 6.25. The van der Waals surface area contributed by atoms with Crippen LogP contribution in [0.3, 0.4) is 0 Å². The van der Waals surface area contributed by atoms with Gasteiger partial charge in [-0.25, -0.2) is 8.42 Å². The average Bonchev–Trinajstić information content (AvgIpc) is 3.00. The van der Waals surface area contributed by atoms with Gasteiger partial charge in [0, 0.05) is 18.8 Å². The second-order valence-corrected chi connectivity index (χ2v) is 8.97. The Morgan fingerprint density at radius 2 is 1.85 bits per heavy atom. The van der Waals surface area contributed by atoms with Gasteiger partial charge in [0.2, 0.25) is 0 Å². The van der Waals surface area contributed by atoms with Crippen molar-refractivity contribution in [1.29, 1.82) is 0 Å². The summed E-state index contributed by atoms with van der Waals surface area (Å²) < 4.78 is 23.9. The summed E-state index contributed by atoms with van der Waals surface area (Å²) in [6.45, 7) is 0.776. The van der Waals surface area contributed by atoms with Gasteiger partial charge in [-0.2, -0.15) is 0 Å². The van der Waals surface area contributed by atoms with Crippen LogP contribution in [0.2, 0.25) is 0 Å². The van der Waals surface area contributed by atoms with E-state index in [1.54, 1.807) is 0 Å². The maximum absolute atomic E-state index is 11.9. The van der Waals surface area contributed by atoms with Gasteiger partial charge in [0.15, 0.2) is 9.84 Å². The van der Waals surface area contributed by atoms with Crippen LogP contribution in [0, 0.1) is 11.8 Å². The molecule has 20 heavy (non-hydrogen) atoms. The lowest BCUT2D eigenvalue weighted by Crippen LogP contribution is -2.50. The highest BCUT2D eigenvalue weighted by Gasteiger charge is 2.52. The first kappa shape index (κ1) is 14.3. The molecule has 0 amide bonds. The van der Waals surface area contributed by atoms with Gasteiger partial charge in [0.05, 0.1) is 5.25 Å². The number of hydrogen-bond donors (Lipinski definition) is 1. The minimum Gasteiger partial charge on any atom is -0.480 e. The molecule has 114 valence electrons. The smallest absolute Gasteiger partial charge is 0.321 e. The van der Waals surface area contributed by atoms with Crippen molar-refractivity contribution in [2.75, 3.05) is 12.8 Å².